The Morgan fingerprint density at radius 2 is 0.853 bits per heavy atom. The Kier molecular flexibility index (Phi) is 14.0. The summed E-state index contributed by atoms with van der Waals surface area (Å²) in [6.45, 7) is 4.47. The molecule has 0 aliphatic heterocycles. The van der Waals surface area contributed by atoms with Gasteiger partial charge in [0.1, 0.15) is 17.2 Å². The first-order chi connectivity index (χ1) is 16.0. The topological polar surface area (TPSA) is 27.7 Å². The van der Waals surface area contributed by atoms with Crippen molar-refractivity contribution in [3.8, 4) is 17.2 Å². The van der Waals surface area contributed by atoms with Crippen molar-refractivity contribution in [1.82, 2.24) is 0 Å². The van der Waals surface area contributed by atoms with Gasteiger partial charge in [0.15, 0.2) is 0 Å². The molecular formula is C22H15Br9O3. The van der Waals surface area contributed by atoms with E-state index in [0.717, 1.165) is 46.0 Å². The van der Waals surface area contributed by atoms with Gasteiger partial charge in [-0.15, -0.1) is 0 Å². The molecule has 34 heavy (non-hydrogen) atoms. The standard InChI is InChI=1S/C14H8Br6O2.C8H7Br3O/c1-6(21-9-4-2-7(15)11(17)13(9)19)22-10-5-3-8(16)12(18)14(10)20;1-2-12-6-4-3-5(9)7(10)8(6)11/h2-6H,1H3;3-4H,2H2,1H3. The highest BCUT2D eigenvalue weighted by molar-refractivity contribution is 9.15. The average Bonchev–Trinajstić information content (AvgIpc) is 2.81. The number of ether oxygens (including phenoxy) is 3. The van der Waals surface area contributed by atoms with Crippen LogP contribution in [0.5, 0.6) is 17.2 Å². The number of halogens is 9. The molecule has 0 bridgehead atoms. The molecule has 3 aromatic carbocycles. The zero-order chi connectivity index (χ0) is 25.6. The molecule has 0 spiro atoms. The maximum atomic E-state index is 5.84. The molecule has 0 fully saturated rings. The molecule has 0 aliphatic carbocycles. The molecule has 0 saturated carbocycles. The van der Waals surface area contributed by atoms with E-state index in [9.17, 15) is 0 Å². The van der Waals surface area contributed by atoms with Crippen molar-refractivity contribution in [3.05, 3.63) is 76.7 Å². The van der Waals surface area contributed by atoms with Crippen molar-refractivity contribution in [1.29, 1.82) is 0 Å². The molecule has 3 aromatic rings. The highest BCUT2D eigenvalue weighted by Gasteiger charge is 2.15. The summed E-state index contributed by atoms with van der Waals surface area (Å²) in [5, 5.41) is 0. The molecule has 3 rings (SSSR count). The Hall–Kier alpha value is 1.38. The number of hydrogen-bond acceptors (Lipinski definition) is 3. The van der Waals surface area contributed by atoms with Crippen LogP contribution in [0.3, 0.4) is 0 Å². The van der Waals surface area contributed by atoms with Gasteiger partial charge in [-0.25, -0.2) is 0 Å². The molecule has 0 atom stereocenters. The summed E-state index contributed by atoms with van der Waals surface area (Å²) in [7, 11) is 0. The molecular weight excluding hydrogens is 1030 g/mol. The van der Waals surface area contributed by atoms with E-state index in [-0.39, 0.29) is 0 Å². The lowest BCUT2D eigenvalue weighted by atomic mass is 10.3. The van der Waals surface area contributed by atoms with Crippen LogP contribution in [-0.4, -0.2) is 12.9 Å². The van der Waals surface area contributed by atoms with Gasteiger partial charge < -0.3 is 14.2 Å². The van der Waals surface area contributed by atoms with E-state index >= 15 is 0 Å². The van der Waals surface area contributed by atoms with Crippen LogP contribution in [0.2, 0.25) is 0 Å². The van der Waals surface area contributed by atoms with Crippen LogP contribution in [0.15, 0.2) is 76.7 Å². The fraction of sp³-hybridized carbons (Fsp3) is 0.182. The monoisotopic (exact) mass is 1040 g/mol. The SMILES string of the molecule is CC(Oc1ccc(Br)c(Br)c1Br)Oc1ccc(Br)c(Br)c1Br.CCOc1ccc(Br)c(Br)c1Br. The maximum Gasteiger partial charge on any atom is 0.238 e. The molecule has 0 amide bonds. The highest BCUT2D eigenvalue weighted by Crippen LogP contribution is 2.40. The quantitative estimate of drug-likeness (QED) is 0.182. The van der Waals surface area contributed by atoms with E-state index in [0.29, 0.717) is 18.1 Å². The molecule has 0 heterocycles. The predicted octanol–water partition coefficient (Wildman–Crippen LogP) is 12.4. The van der Waals surface area contributed by atoms with Gasteiger partial charge in [-0.3, -0.25) is 0 Å². The first-order valence-electron chi connectivity index (χ1n) is 9.34. The smallest absolute Gasteiger partial charge is 0.238 e. The zero-order valence-corrected chi connectivity index (χ0v) is 31.6. The lowest BCUT2D eigenvalue weighted by molar-refractivity contribution is 0.0209. The van der Waals surface area contributed by atoms with E-state index in [2.05, 4.69) is 143 Å². The second kappa shape index (κ2) is 15.1. The fourth-order valence-corrected chi connectivity index (χ4v) is 6.47. The predicted molar refractivity (Wildman–Crippen MR) is 171 cm³/mol. The van der Waals surface area contributed by atoms with E-state index in [4.69, 9.17) is 14.2 Å². The largest absolute Gasteiger partial charge is 0.493 e. The minimum absolute atomic E-state index is 0.464. The van der Waals surface area contributed by atoms with Crippen LogP contribution in [0.1, 0.15) is 13.8 Å². The number of benzene rings is 3. The minimum atomic E-state index is -0.464. The van der Waals surface area contributed by atoms with Gasteiger partial charge in [0.25, 0.3) is 0 Å². The summed E-state index contributed by atoms with van der Waals surface area (Å²) in [5.41, 5.74) is 0. The number of rotatable bonds is 6. The summed E-state index contributed by atoms with van der Waals surface area (Å²) < 4.78 is 25.3. The third kappa shape index (κ3) is 8.71. The normalized spacial score (nSPS) is 10.6. The lowest BCUT2D eigenvalue weighted by Gasteiger charge is -2.19. The molecule has 184 valence electrons. The first-order valence-corrected chi connectivity index (χ1v) is 16.5. The van der Waals surface area contributed by atoms with Crippen LogP contribution < -0.4 is 14.2 Å². The van der Waals surface area contributed by atoms with E-state index in [1.165, 1.54) is 0 Å². The van der Waals surface area contributed by atoms with Crippen molar-refractivity contribution in [2.45, 2.75) is 20.1 Å². The van der Waals surface area contributed by atoms with Crippen molar-refractivity contribution in [2.75, 3.05) is 6.61 Å². The van der Waals surface area contributed by atoms with Gasteiger partial charge in [-0.05, 0) is 187 Å². The number of hydrogen-bond donors (Lipinski definition) is 0. The van der Waals surface area contributed by atoms with Crippen LogP contribution in [-0.2, 0) is 0 Å². The van der Waals surface area contributed by atoms with Crippen molar-refractivity contribution >= 4 is 143 Å². The summed E-state index contributed by atoms with van der Waals surface area (Å²) in [6, 6.07) is 11.4. The summed E-state index contributed by atoms with van der Waals surface area (Å²) in [5.74, 6) is 2.23. The van der Waals surface area contributed by atoms with Crippen LogP contribution in [0.25, 0.3) is 0 Å². The molecule has 0 saturated heterocycles. The zero-order valence-electron chi connectivity index (χ0n) is 17.4. The first kappa shape index (κ1) is 31.6. The summed E-state index contributed by atoms with van der Waals surface area (Å²) in [4.78, 5) is 0. The Bertz CT molecular complexity index is 1100. The van der Waals surface area contributed by atoms with Crippen LogP contribution >= 0.6 is 143 Å². The van der Waals surface area contributed by atoms with Gasteiger partial charge in [-0.1, -0.05) is 0 Å². The molecule has 0 N–H and O–H groups in total. The Morgan fingerprint density at radius 3 is 1.21 bits per heavy atom. The second-order valence-electron chi connectivity index (χ2n) is 6.26. The fourth-order valence-electron chi connectivity index (χ4n) is 2.36. The van der Waals surface area contributed by atoms with Crippen molar-refractivity contribution in [2.24, 2.45) is 0 Å². The lowest BCUT2D eigenvalue weighted by Crippen LogP contribution is -2.20. The average molecular weight is 1050 g/mol. The molecule has 3 nitrogen and oxygen atoms in total. The maximum absolute atomic E-state index is 5.84. The Labute approximate surface area is 274 Å². The van der Waals surface area contributed by atoms with E-state index in [1.807, 2.05) is 50.2 Å². The van der Waals surface area contributed by atoms with E-state index < -0.39 is 6.29 Å². The van der Waals surface area contributed by atoms with E-state index in [1.54, 1.807) is 0 Å². The van der Waals surface area contributed by atoms with Gasteiger partial charge in [0.05, 0.1) is 20.0 Å². The van der Waals surface area contributed by atoms with Crippen LogP contribution in [0.4, 0.5) is 0 Å². The van der Waals surface area contributed by atoms with Gasteiger partial charge in [-0.2, -0.15) is 0 Å². The van der Waals surface area contributed by atoms with Gasteiger partial charge in [0.2, 0.25) is 6.29 Å². The van der Waals surface area contributed by atoms with Crippen LogP contribution in [0, 0.1) is 0 Å². The molecule has 0 radical (unpaired) electrons. The highest BCUT2D eigenvalue weighted by atomic mass is 79.9. The van der Waals surface area contributed by atoms with Gasteiger partial charge in [0, 0.05) is 33.8 Å². The molecule has 0 unspecified atom stereocenters. The Morgan fingerprint density at radius 1 is 0.529 bits per heavy atom. The second-order valence-corrected chi connectivity index (χ2v) is 13.6. The van der Waals surface area contributed by atoms with Crippen molar-refractivity contribution in [3.63, 3.8) is 0 Å². The minimum Gasteiger partial charge on any atom is -0.493 e. The summed E-state index contributed by atoms with van der Waals surface area (Å²) >= 11 is 31.1. The van der Waals surface area contributed by atoms with Gasteiger partial charge >= 0.3 is 0 Å². The summed E-state index contributed by atoms with van der Waals surface area (Å²) in [6.07, 6.45) is -0.464. The van der Waals surface area contributed by atoms with Crippen molar-refractivity contribution < 1.29 is 14.2 Å². The molecule has 0 aliphatic rings. The third-order valence-corrected chi connectivity index (χ3v) is 13.9. The molecule has 12 heteroatoms. The Balaban J connectivity index is 0.000000287. The third-order valence-electron chi connectivity index (χ3n) is 3.88. The molecule has 0 aromatic heterocycles.